The summed E-state index contributed by atoms with van der Waals surface area (Å²) < 4.78 is 1.98. The highest BCUT2D eigenvalue weighted by Gasteiger charge is 2.20. The van der Waals surface area contributed by atoms with Crippen LogP contribution in [0.3, 0.4) is 0 Å². The lowest BCUT2D eigenvalue weighted by Crippen LogP contribution is -2.16. The Labute approximate surface area is 112 Å². The number of aromatic nitrogens is 2. The molecule has 3 nitrogen and oxygen atoms in total. The molecule has 2 aromatic rings. The van der Waals surface area contributed by atoms with Crippen LogP contribution in [0.15, 0.2) is 30.3 Å². The fourth-order valence-corrected chi connectivity index (χ4v) is 2.63. The van der Waals surface area contributed by atoms with Gasteiger partial charge in [-0.1, -0.05) is 23.7 Å². The van der Waals surface area contributed by atoms with Crippen LogP contribution in [0.4, 0.5) is 0 Å². The maximum atomic E-state index is 5.90. The van der Waals surface area contributed by atoms with Crippen molar-refractivity contribution in [2.45, 2.75) is 18.9 Å². The van der Waals surface area contributed by atoms with Crippen molar-refractivity contribution >= 4 is 11.6 Å². The van der Waals surface area contributed by atoms with Gasteiger partial charge in [-0.25, -0.2) is 0 Å². The van der Waals surface area contributed by atoms with E-state index in [9.17, 15) is 0 Å². The number of nitrogens with zero attached hydrogens (tertiary/aromatic N) is 2. The quantitative estimate of drug-likeness (QED) is 0.900. The molecule has 4 heteroatoms. The lowest BCUT2D eigenvalue weighted by atomic mass is 10.1. The van der Waals surface area contributed by atoms with Crippen LogP contribution in [0.25, 0.3) is 11.3 Å². The summed E-state index contributed by atoms with van der Waals surface area (Å²) in [5.74, 6) is 0. The Kier molecular flexibility index (Phi) is 3.10. The van der Waals surface area contributed by atoms with Gasteiger partial charge in [-0.05, 0) is 37.6 Å². The van der Waals surface area contributed by atoms with Gasteiger partial charge in [-0.3, -0.25) is 4.68 Å². The first kappa shape index (κ1) is 11.8. The van der Waals surface area contributed by atoms with Gasteiger partial charge < -0.3 is 5.32 Å². The molecule has 1 saturated heterocycles. The predicted molar refractivity (Wildman–Crippen MR) is 73.6 cm³/mol. The first-order chi connectivity index (χ1) is 8.74. The number of hydrogen-bond donors (Lipinski definition) is 1. The van der Waals surface area contributed by atoms with E-state index in [1.807, 2.05) is 36.0 Å². The fraction of sp³-hybridized carbons (Fsp3) is 0.357. The lowest BCUT2D eigenvalue weighted by molar-refractivity contribution is 0.574. The maximum Gasteiger partial charge on any atom is 0.0926 e. The fourth-order valence-electron chi connectivity index (χ4n) is 2.51. The molecule has 2 heterocycles. The van der Waals surface area contributed by atoms with Gasteiger partial charge in [0.1, 0.15) is 0 Å². The number of rotatable bonds is 2. The highest BCUT2D eigenvalue weighted by molar-refractivity contribution is 6.30. The normalized spacial score (nSPS) is 19.3. The minimum atomic E-state index is 0.448. The summed E-state index contributed by atoms with van der Waals surface area (Å²) in [6, 6.07) is 10.4. The summed E-state index contributed by atoms with van der Waals surface area (Å²) in [6.45, 7) is 1.10. The molecule has 3 rings (SSSR count). The molecule has 1 aromatic heterocycles. The van der Waals surface area contributed by atoms with E-state index < -0.39 is 0 Å². The molecule has 0 radical (unpaired) electrons. The first-order valence-electron chi connectivity index (χ1n) is 6.27. The Balaban J connectivity index is 1.94. The third-order valence-electron chi connectivity index (χ3n) is 3.47. The van der Waals surface area contributed by atoms with Crippen LogP contribution in [0.5, 0.6) is 0 Å². The summed E-state index contributed by atoms with van der Waals surface area (Å²) >= 11 is 5.90. The van der Waals surface area contributed by atoms with E-state index in [-0.39, 0.29) is 0 Å². The zero-order valence-corrected chi connectivity index (χ0v) is 11.1. The first-order valence-corrected chi connectivity index (χ1v) is 6.65. The number of hydrogen-bond acceptors (Lipinski definition) is 2. The number of nitrogens with one attached hydrogen (secondary N) is 1. The second-order valence-electron chi connectivity index (χ2n) is 4.73. The zero-order valence-electron chi connectivity index (χ0n) is 10.4. The summed E-state index contributed by atoms with van der Waals surface area (Å²) in [5, 5.41) is 8.85. The Morgan fingerprint density at radius 3 is 2.78 bits per heavy atom. The Hall–Kier alpha value is -1.32. The van der Waals surface area contributed by atoms with Crippen LogP contribution < -0.4 is 5.32 Å². The van der Waals surface area contributed by atoms with Crippen LogP contribution in [0.1, 0.15) is 24.6 Å². The topological polar surface area (TPSA) is 29.9 Å². The van der Waals surface area contributed by atoms with E-state index in [0.717, 1.165) is 22.8 Å². The Morgan fingerprint density at radius 2 is 2.11 bits per heavy atom. The molecule has 1 atom stereocenters. The monoisotopic (exact) mass is 261 g/mol. The summed E-state index contributed by atoms with van der Waals surface area (Å²) in [4.78, 5) is 0. The van der Waals surface area contributed by atoms with Gasteiger partial charge in [0.2, 0.25) is 0 Å². The standard InChI is InChI=1S/C14H16ClN3/c1-18-14(12-3-2-8-16-12)9-13(17-18)10-4-6-11(15)7-5-10/h4-7,9,12,16H,2-3,8H2,1H3. The largest absolute Gasteiger partial charge is 0.309 e. The van der Waals surface area contributed by atoms with Crippen LogP contribution in [0.2, 0.25) is 5.02 Å². The van der Waals surface area contributed by atoms with Crippen LogP contribution in [0, 0.1) is 0 Å². The van der Waals surface area contributed by atoms with Crippen molar-refractivity contribution in [3.63, 3.8) is 0 Å². The summed E-state index contributed by atoms with van der Waals surface area (Å²) in [5.41, 5.74) is 3.38. The van der Waals surface area contributed by atoms with E-state index in [4.69, 9.17) is 11.6 Å². The van der Waals surface area contributed by atoms with Gasteiger partial charge in [0, 0.05) is 23.7 Å². The molecule has 1 N–H and O–H groups in total. The molecule has 1 aromatic carbocycles. The van der Waals surface area contributed by atoms with E-state index >= 15 is 0 Å². The smallest absolute Gasteiger partial charge is 0.0926 e. The van der Waals surface area contributed by atoms with Crippen molar-refractivity contribution in [2.75, 3.05) is 6.54 Å². The van der Waals surface area contributed by atoms with E-state index in [2.05, 4.69) is 16.5 Å². The minimum absolute atomic E-state index is 0.448. The molecule has 94 valence electrons. The molecule has 1 aliphatic heterocycles. The van der Waals surface area contributed by atoms with Crippen LogP contribution in [-0.2, 0) is 7.05 Å². The van der Waals surface area contributed by atoms with Gasteiger partial charge in [0.15, 0.2) is 0 Å². The van der Waals surface area contributed by atoms with Crippen molar-refractivity contribution in [1.29, 1.82) is 0 Å². The predicted octanol–water partition coefficient (Wildman–Crippen LogP) is 3.17. The van der Waals surface area contributed by atoms with E-state index in [1.54, 1.807) is 0 Å². The third-order valence-corrected chi connectivity index (χ3v) is 3.73. The van der Waals surface area contributed by atoms with E-state index in [1.165, 1.54) is 18.5 Å². The Morgan fingerprint density at radius 1 is 1.33 bits per heavy atom. The van der Waals surface area contributed by atoms with Gasteiger partial charge in [-0.2, -0.15) is 5.10 Å². The van der Waals surface area contributed by atoms with Crippen molar-refractivity contribution in [1.82, 2.24) is 15.1 Å². The highest BCUT2D eigenvalue weighted by Crippen LogP contribution is 2.27. The van der Waals surface area contributed by atoms with Gasteiger partial charge in [0.25, 0.3) is 0 Å². The van der Waals surface area contributed by atoms with Crippen molar-refractivity contribution in [2.24, 2.45) is 7.05 Å². The number of benzene rings is 1. The van der Waals surface area contributed by atoms with Gasteiger partial charge in [-0.15, -0.1) is 0 Å². The van der Waals surface area contributed by atoms with Crippen LogP contribution in [-0.4, -0.2) is 16.3 Å². The molecule has 0 aliphatic carbocycles. The van der Waals surface area contributed by atoms with E-state index in [0.29, 0.717) is 6.04 Å². The molecule has 1 fully saturated rings. The molecule has 18 heavy (non-hydrogen) atoms. The molecule has 1 unspecified atom stereocenters. The molecule has 0 amide bonds. The maximum absolute atomic E-state index is 5.90. The molecule has 1 aliphatic rings. The van der Waals surface area contributed by atoms with Crippen molar-refractivity contribution in [3.05, 3.63) is 41.0 Å². The molecular weight excluding hydrogens is 246 g/mol. The average Bonchev–Trinajstić information content (AvgIpc) is 2.99. The van der Waals surface area contributed by atoms with Crippen LogP contribution >= 0.6 is 11.6 Å². The third kappa shape index (κ3) is 2.16. The van der Waals surface area contributed by atoms with Gasteiger partial charge in [0.05, 0.1) is 11.4 Å². The van der Waals surface area contributed by atoms with Crippen molar-refractivity contribution in [3.8, 4) is 11.3 Å². The number of aryl methyl sites for hydroxylation is 1. The second-order valence-corrected chi connectivity index (χ2v) is 5.17. The second kappa shape index (κ2) is 4.75. The highest BCUT2D eigenvalue weighted by atomic mass is 35.5. The SMILES string of the molecule is Cn1nc(-c2ccc(Cl)cc2)cc1C1CCCN1. The lowest BCUT2D eigenvalue weighted by Gasteiger charge is -2.09. The molecule has 0 saturated carbocycles. The zero-order chi connectivity index (χ0) is 12.5. The molecule has 0 bridgehead atoms. The summed E-state index contributed by atoms with van der Waals surface area (Å²) in [6.07, 6.45) is 2.44. The van der Waals surface area contributed by atoms with Crippen molar-refractivity contribution < 1.29 is 0 Å². The Bertz CT molecular complexity index is 539. The molecule has 0 spiro atoms. The molecular formula is C14H16ClN3. The minimum Gasteiger partial charge on any atom is -0.309 e. The summed E-state index contributed by atoms with van der Waals surface area (Å²) in [7, 11) is 2.01. The number of halogens is 1. The van der Waals surface area contributed by atoms with Gasteiger partial charge >= 0.3 is 0 Å². The average molecular weight is 262 g/mol.